The number of hydrogen-bond donors (Lipinski definition) is 2. The van der Waals surface area contributed by atoms with Gasteiger partial charge in [0.2, 0.25) is 0 Å². The Balaban J connectivity index is 0.000000211. The van der Waals surface area contributed by atoms with Crippen LogP contribution in [0.5, 0.6) is 0 Å². The standard InChI is InChI=1S/C18H22BrN5.C10H8O2/c1-13-7-3-4-8-14(13)16-11-17(21-10-6-5-9-20-2)24-18(23-16)15(19)12-22-24;11-6-7-5-10(12)9-4-2-1-3-8(7)9/h3-4,7-8,11-12,20-21H,5-6,9-10H2,1-2H3;1-4,6-7H,5H2. The Morgan fingerprint density at radius 1 is 1.08 bits per heavy atom. The van der Waals surface area contributed by atoms with Gasteiger partial charge in [-0.3, -0.25) is 4.79 Å². The summed E-state index contributed by atoms with van der Waals surface area (Å²) in [4.78, 5) is 26.6. The summed E-state index contributed by atoms with van der Waals surface area (Å²) in [6.45, 7) is 4.05. The number of carbonyl (C=O) groups is 2. The number of aromatic nitrogens is 3. The van der Waals surface area contributed by atoms with Gasteiger partial charge in [-0.15, -0.1) is 0 Å². The predicted molar refractivity (Wildman–Crippen MR) is 147 cm³/mol. The summed E-state index contributed by atoms with van der Waals surface area (Å²) in [5, 5.41) is 11.1. The van der Waals surface area contributed by atoms with E-state index < -0.39 is 0 Å². The number of halogens is 1. The second kappa shape index (κ2) is 12.1. The van der Waals surface area contributed by atoms with E-state index in [9.17, 15) is 9.59 Å². The molecule has 5 rings (SSSR count). The normalized spacial score (nSPS) is 14.3. The lowest BCUT2D eigenvalue weighted by atomic mass is 10.0. The number of nitrogens with one attached hydrogen (secondary N) is 2. The number of aldehydes is 1. The van der Waals surface area contributed by atoms with Gasteiger partial charge >= 0.3 is 0 Å². The molecule has 1 atom stereocenters. The van der Waals surface area contributed by atoms with Crippen LogP contribution in [0.1, 0.15) is 46.7 Å². The molecule has 0 saturated heterocycles. The number of unbranched alkanes of at least 4 members (excludes halogenated alkanes) is 1. The van der Waals surface area contributed by atoms with Gasteiger partial charge in [-0.1, -0.05) is 48.5 Å². The van der Waals surface area contributed by atoms with Crippen molar-refractivity contribution in [2.75, 3.05) is 25.5 Å². The van der Waals surface area contributed by atoms with E-state index >= 15 is 0 Å². The minimum atomic E-state index is -0.200. The number of nitrogens with zero attached hydrogens (tertiary/aromatic N) is 3. The van der Waals surface area contributed by atoms with E-state index in [4.69, 9.17) is 4.98 Å². The highest BCUT2D eigenvalue weighted by atomic mass is 79.9. The maximum atomic E-state index is 11.3. The van der Waals surface area contributed by atoms with Crippen molar-refractivity contribution in [2.24, 2.45) is 0 Å². The minimum Gasteiger partial charge on any atom is -0.370 e. The van der Waals surface area contributed by atoms with Gasteiger partial charge in [0.25, 0.3) is 0 Å². The van der Waals surface area contributed by atoms with Crippen molar-refractivity contribution in [3.8, 4) is 11.3 Å². The summed E-state index contributed by atoms with van der Waals surface area (Å²) >= 11 is 3.55. The zero-order chi connectivity index (χ0) is 25.5. The predicted octanol–water partition coefficient (Wildman–Crippen LogP) is 5.43. The molecule has 0 bridgehead atoms. The highest BCUT2D eigenvalue weighted by molar-refractivity contribution is 9.10. The summed E-state index contributed by atoms with van der Waals surface area (Å²) in [5.74, 6) is 0.852. The number of fused-ring (bicyclic) bond motifs is 2. The van der Waals surface area contributed by atoms with E-state index in [0.29, 0.717) is 6.42 Å². The van der Waals surface area contributed by atoms with Crippen LogP contribution in [0.15, 0.2) is 65.3 Å². The second-order valence-corrected chi connectivity index (χ2v) is 9.62. The molecule has 0 fully saturated rings. The zero-order valence-corrected chi connectivity index (χ0v) is 22.1. The number of carbonyl (C=O) groups excluding carboxylic acids is 2. The molecule has 4 aromatic rings. The largest absolute Gasteiger partial charge is 0.370 e. The van der Waals surface area contributed by atoms with Crippen molar-refractivity contribution in [1.82, 2.24) is 19.9 Å². The van der Waals surface area contributed by atoms with E-state index in [1.807, 2.05) is 41.9 Å². The van der Waals surface area contributed by atoms with Crippen molar-refractivity contribution in [3.05, 3.63) is 82.0 Å². The molecule has 186 valence electrons. The average molecular weight is 548 g/mol. The van der Waals surface area contributed by atoms with Crippen LogP contribution in [0.25, 0.3) is 16.9 Å². The maximum absolute atomic E-state index is 11.3. The van der Waals surface area contributed by atoms with Gasteiger partial charge in [0.15, 0.2) is 11.4 Å². The number of benzene rings is 2. The van der Waals surface area contributed by atoms with E-state index in [-0.39, 0.29) is 11.7 Å². The Hall–Kier alpha value is -3.36. The Kier molecular flexibility index (Phi) is 8.61. The first-order chi connectivity index (χ1) is 17.5. The summed E-state index contributed by atoms with van der Waals surface area (Å²) in [7, 11) is 1.98. The molecule has 2 aromatic heterocycles. The quantitative estimate of drug-likeness (QED) is 0.226. The van der Waals surface area contributed by atoms with Crippen molar-refractivity contribution in [1.29, 1.82) is 0 Å². The summed E-state index contributed by atoms with van der Waals surface area (Å²) in [6, 6.07) is 17.7. The van der Waals surface area contributed by atoms with E-state index in [1.165, 1.54) is 5.56 Å². The van der Waals surface area contributed by atoms with Crippen LogP contribution >= 0.6 is 15.9 Å². The molecule has 2 N–H and O–H groups in total. The molecular formula is C28H30BrN5O2. The second-order valence-electron chi connectivity index (χ2n) is 8.76. The number of rotatable bonds is 8. The van der Waals surface area contributed by atoms with Crippen molar-refractivity contribution >= 4 is 39.5 Å². The van der Waals surface area contributed by atoms with Gasteiger partial charge in [0.1, 0.15) is 12.1 Å². The van der Waals surface area contributed by atoms with Crippen LogP contribution < -0.4 is 10.6 Å². The molecule has 0 spiro atoms. The third-order valence-corrected chi connectivity index (χ3v) is 6.80. The zero-order valence-electron chi connectivity index (χ0n) is 20.5. The van der Waals surface area contributed by atoms with Crippen molar-refractivity contribution in [2.45, 2.75) is 32.1 Å². The third-order valence-electron chi connectivity index (χ3n) is 6.24. The number of Topliss-reactive ketones (excluding diaryl/α,β-unsaturated/α-hetero) is 1. The van der Waals surface area contributed by atoms with E-state index in [1.54, 1.807) is 12.3 Å². The van der Waals surface area contributed by atoms with Gasteiger partial charge in [-0.2, -0.15) is 9.61 Å². The van der Waals surface area contributed by atoms with Gasteiger partial charge in [-0.05, 0) is 60.4 Å². The van der Waals surface area contributed by atoms with E-state index in [0.717, 1.165) is 70.5 Å². The molecule has 1 aliphatic carbocycles. The third kappa shape index (κ3) is 5.71. The SMILES string of the molecule is CNCCCCNc1cc(-c2ccccc2C)nc2c(Br)cnn12.O=CC1CC(=O)c2ccccc21. The first-order valence-corrected chi connectivity index (χ1v) is 12.9. The molecule has 1 unspecified atom stereocenters. The summed E-state index contributed by atoms with van der Waals surface area (Å²) < 4.78 is 2.75. The smallest absolute Gasteiger partial charge is 0.172 e. The molecule has 2 aromatic carbocycles. The molecule has 1 aliphatic rings. The summed E-state index contributed by atoms with van der Waals surface area (Å²) in [5.41, 5.74) is 5.75. The van der Waals surface area contributed by atoms with Crippen LogP contribution in [0.3, 0.4) is 0 Å². The number of aryl methyl sites for hydroxylation is 1. The van der Waals surface area contributed by atoms with Crippen LogP contribution in [0.4, 0.5) is 5.82 Å². The molecule has 0 amide bonds. The first-order valence-electron chi connectivity index (χ1n) is 12.1. The minimum absolute atomic E-state index is 0.0858. The molecule has 2 heterocycles. The van der Waals surface area contributed by atoms with Crippen molar-refractivity contribution < 1.29 is 9.59 Å². The monoisotopic (exact) mass is 547 g/mol. The Labute approximate surface area is 219 Å². The fraction of sp³-hybridized carbons (Fsp3) is 0.286. The molecule has 0 radical (unpaired) electrons. The lowest BCUT2D eigenvalue weighted by molar-refractivity contribution is -0.108. The Bertz CT molecular complexity index is 1370. The number of hydrogen-bond acceptors (Lipinski definition) is 6. The van der Waals surface area contributed by atoms with Gasteiger partial charge in [-0.25, -0.2) is 4.98 Å². The molecule has 8 heteroatoms. The highest BCUT2D eigenvalue weighted by Crippen LogP contribution is 2.31. The molecule has 0 saturated carbocycles. The van der Waals surface area contributed by atoms with Crippen LogP contribution in [0, 0.1) is 6.92 Å². The van der Waals surface area contributed by atoms with Crippen LogP contribution in [0.2, 0.25) is 0 Å². The Morgan fingerprint density at radius 3 is 2.56 bits per heavy atom. The van der Waals surface area contributed by atoms with Gasteiger partial charge in [0, 0.05) is 36.1 Å². The topological polar surface area (TPSA) is 88.4 Å². The van der Waals surface area contributed by atoms with E-state index in [2.05, 4.69) is 56.8 Å². The lowest BCUT2D eigenvalue weighted by Gasteiger charge is -2.12. The molecular weight excluding hydrogens is 518 g/mol. The molecule has 7 nitrogen and oxygen atoms in total. The molecule has 36 heavy (non-hydrogen) atoms. The van der Waals surface area contributed by atoms with Gasteiger partial charge in [0.05, 0.1) is 16.4 Å². The average Bonchev–Trinajstić information content (AvgIpc) is 3.44. The Morgan fingerprint density at radius 2 is 1.81 bits per heavy atom. The van der Waals surface area contributed by atoms with Gasteiger partial charge < -0.3 is 15.4 Å². The van der Waals surface area contributed by atoms with Crippen LogP contribution in [-0.2, 0) is 4.79 Å². The fourth-order valence-electron chi connectivity index (χ4n) is 4.32. The number of ketones is 1. The summed E-state index contributed by atoms with van der Waals surface area (Å²) in [6.07, 6.45) is 5.24. The van der Waals surface area contributed by atoms with Crippen molar-refractivity contribution in [3.63, 3.8) is 0 Å². The molecule has 0 aliphatic heterocycles. The maximum Gasteiger partial charge on any atom is 0.172 e. The highest BCUT2D eigenvalue weighted by Gasteiger charge is 2.27. The van der Waals surface area contributed by atoms with Crippen LogP contribution in [-0.4, -0.2) is 46.8 Å². The first kappa shape index (κ1) is 25.7. The fourth-order valence-corrected chi connectivity index (χ4v) is 4.67. The number of anilines is 1. The lowest BCUT2D eigenvalue weighted by Crippen LogP contribution is -2.12.